The molecule has 0 saturated heterocycles. The molecule has 1 aromatic heterocycles. The molecule has 3 aromatic rings. The monoisotopic (exact) mass is 422 g/mol. The number of hydrogen-bond acceptors (Lipinski definition) is 7. The van der Waals surface area contributed by atoms with Crippen LogP contribution in [0.5, 0.6) is 11.5 Å². The van der Waals surface area contributed by atoms with Gasteiger partial charge in [0.2, 0.25) is 5.91 Å². The molecule has 1 atom stereocenters. The van der Waals surface area contributed by atoms with Crippen molar-refractivity contribution >= 4 is 23.2 Å². The highest BCUT2D eigenvalue weighted by atomic mass is 16.5. The fraction of sp³-hybridized carbons (Fsp3) is 0.286. The lowest BCUT2D eigenvalue weighted by Gasteiger charge is -2.32. The summed E-state index contributed by atoms with van der Waals surface area (Å²) < 4.78 is 12.5. The Morgan fingerprint density at radius 1 is 1.23 bits per heavy atom. The number of aryl methyl sites for hydroxylation is 1. The topological polar surface area (TPSA) is 111 Å². The van der Waals surface area contributed by atoms with Crippen LogP contribution in [0.3, 0.4) is 0 Å². The first-order valence-electron chi connectivity index (χ1n) is 9.78. The summed E-state index contributed by atoms with van der Waals surface area (Å²) in [5.41, 5.74) is 1.84. The molecule has 31 heavy (non-hydrogen) atoms. The van der Waals surface area contributed by atoms with Crippen molar-refractivity contribution in [3.8, 4) is 17.2 Å². The molecule has 160 valence electrons. The summed E-state index contributed by atoms with van der Waals surface area (Å²) in [6.45, 7) is 3.71. The molecule has 0 spiro atoms. The molecule has 0 fully saturated rings. The van der Waals surface area contributed by atoms with Crippen molar-refractivity contribution in [1.82, 2.24) is 20.2 Å². The molecule has 0 aliphatic carbocycles. The lowest BCUT2D eigenvalue weighted by molar-refractivity contribution is -0.125. The van der Waals surface area contributed by atoms with Gasteiger partial charge in [0.1, 0.15) is 17.2 Å². The van der Waals surface area contributed by atoms with E-state index in [4.69, 9.17) is 9.47 Å². The van der Waals surface area contributed by atoms with Crippen LogP contribution in [0.1, 0.15) is 19.2 Å². The lowest BCUT2D eigenvalue weighted by Crippen LogP contribution is -2.45. The van der Waals surface area contributed by atoms with Crippen molar-refractivity contribution in [2.75, 3.05) is 23.9 Å². The number of carbonyl (C=O) groups is 2. The minimum absolute atomic E-state index is 0.123. The number of tetrazole rings is 1. The van der Waals surface area contributed by atoms with E-state index in [9.17, 15) is 9.59 Å². The second-order valence-corrected chi connectivity index (χ2v) is 7.04. The van der Waals surface area contributed by atoms with E-state index in [0.717, 1.165) is 0 Å². The smallest absolute Gasteiger partial charge is 0.267 e. The molecule has 2 heterocycles. The van der Waals surface area contributed by atoms with Crippen molar-refractivity contribution in [3.05, 3.63) is 48.3 Å². The first-order chi connectivity index (χ1) is 15.0. The van der Waals surface area contributed by atoms with Crippen LogP contribution in [0, 0.1) is 6.92 Å². The zero-order valence-electron chi connectivity index (χ0n) is 17.4. The second kappa shape index (κ2) is 8.42. The summed E-state index contributed by atoms with van der Waals surface area (Å²) in [7, 11) is 1.55. The number of rotatable bonds is 6. The van der Waals surface area contributed by atoms with E-state index in [1.54, 1.807) is 50.1 Å². The van der Waals surface area contributed by atoms with Gasteiger partial charge in [0.05, 0.1) is 12.8 Å². The summed E-state index contributed by atoms with van der Waals surface area (Å²) >= 11 is 0. The molecular formula is C21H22N6O4. The van der Waals surface area contributed by atoms with Crippen molar-refractivity contribution in [2.45, 2.75) is 26.4 Å². The molecule has 10 nitrogen and oxygen atoms in total. The average Bonchev–Trinajstić information content (AvgIpc) is 3.19. The Balaban J connectivity index is 1.47. The molecule has 10 heteroatoms. The summed E-state index contributed by atoms with van der Waals surface area (Å²) in [6.07, 6.45) is -0.473. The predicted octanol–water partition coefficient (Wildman–Crippen LogP) is 2.12. The first kappa shape index (κ1) is 20.3. The Morgan fingerprint density at radius 3 is 2.77 bits per heavy atom. The summed E-state index contributed by atoms with van der Waals surface area (Å²) in [4.78, 5) is 26.8. The Morgan fingerprint density at radius 2 is 2.03 bits per heavy atom. The van der Waals surface area contributed by atoms with E-state index >= 15 is 0 Å². The molecule has 0 bridgehead atoms. The van der Waals surface area contributed by atoms with Gasteiger partial charge in [0, 0.05) is 18.7 Å². The highest BCUT2D eigenvalue weighted by molar-refractivity contribution is 6.00. The van der Waals surface area contributed by atoms with E-state index < -0.39 is 6.10 Å². The van der Waals surface area contributed by atoms with Crippen LogP contribution in [0.4, 0.5) is 11.4 Å². The van der Waals surface area contributed by atoms with Crippen LogP contribution in [0.25, 0.3) is 5.69 Å². The number of hydrogen-bond donors (Lipinski definition) is 1. The fourth-order valence-electron chi connectivity index (χ4n) is 3.41. The quantitative estimate of drug-likeness (QED) is 0.648. The standard InChI is InChI=1S/C21H22N6O4/c1-13-21(29)26(16-6-4-5-7-19(16)31-13)11-10-20(28)22-15-8-9-18(30-3)17(12-15)27-14(2)23-24-25-27/h4-9,12-13H,10-11H2,1-3H3,(H,22,28). The Bertz CT molecular complexity index is 1130. The third-order valence-electron chi connectivity index (χ3n) is 4.95. The Hall–Kier alpha value is -3.95. The second-order valence-electron chi connectivity index (χ2n) is 7.04. The number of amides is 2. The predicted molar refractivity (Wildman–Crippen MR) is 113 cm³/mol. The van der Waals surface area contributed by atoms with Gasteiger partial charge in [-0.05, 0) is 54.6 Å². The summed E-state index contributed by atoms with van der Waals surface area (Å²) in [6, 6.07) is 12.5. The van der Waals surface area contributed by atoms with Gasteiger partial charge in [-0.2, -0.15) is 4.68 Å². The normalized spacial score (nSPS) is 15.3. The van der Waals surface area contributed by atoms with Gasteiger partial charge < -0.3 is 19.7 Å². The molecule has 1 aliphatic heterocycles. The number of benzene rings is 2. The highest BCUT2D eigenvalue weighted by Gasteiger charge is 2.31. The molecule has 2 aromatic carbocycles. The van der Waals surface area contributed by atoms with Crippen molar-refractivity contribution in [2.24, 2.45) is 0 Å². The maximum atomic E-state index is 12.6. The van der Waals surface area contributed by atoms with Gasteiger partial charge in [0.15, 0.2) is 11.9 Å². The van der Waals surface area contributed by atoms with Crippen LogP contribution in [-0.2, 0) is 9.59 Å². The van der Waals surface area contributed by atoms with E-state index in [-0.39, 0.29) is 24.8 Å². The van der Waals surface area contributed by atoms with E-state index in [2.05, 4.69) is 20.8 Å². The maximum Gasteiger partial charge on any atom is 0.267 e. The van der Waals surface area contributed by atoms with Gasteiger partial charge >= 0.3 is 0 Å². The van der Waals surface area contributed by atoms with Crippen LogP contribution in [0.15, 0.2) is 42.5 Å². The van der Waals surface area contributed by atoms with E-state index in [1.165, 1.54) is 4.68 Å². The fourth-order valence-corrected chi connectivity index (χ4v) is 3.41. The maximum absolute atomic E-state index is 12.6. The van der Waals surface area contributed by atoms with Gasteiger partial charge in [-0.25, -0.2) is 0 Å². The third-order valence-corrected chi connectivity index (χ3v) is 4.95. The van der Waals surface area contributed by atoms with Gasteiger partial charge in [-0.15, -0.1) is 5.10 Å². The number of carbonyl (C=O) groups excluding carboxylic acids is 2. The Kier molecular flexibility index (Phi) is 5.52. The molecule has 1 unspecified atom stereocenters. The first-order valence-corrected chi connectivity index (χ1v) is 9.78. The summed E-state index contributed by atoms with van der Waals surface area (Å²) in [5, 5.41) is 14.3. The van der Waals surface area contributed by atoms with Crippen LogP contribution < -0.4 is 19.7 Å². The highest BCUT2D eigenvalue weighted by Crippen LogP contribution is 2.33. The number of nitrogens with zero attached hydrogens (tertiary/aromatic N) is 5. The molecule has 0 radical (unpaired) electrons. The largest absolute Gasteiger partial charge is 0.494 e. The number of nitrogens with one attached hydrogen (secondary N) is 1. The van der Waals surface area contributed by atoms with Crippen molar-refractivity contribution < 1.29 is 19.1 Å². The van der Waals surface area contributed by atoms with Crippen molar-refractivity contribution in [3.63, 3.8) is 0 Å². The number of aromatic nitrogens is 4. The molecule has 1 N–H and O–H groups in total. The summed E-state index contributed by atoms with van der Waals surface area (Å²) in [5.74, 6) is 1.38. The van der Waals surface area contributed by atoms with Crippen LogP contribution >= 0.6 is 0 Å². The van der Waals surface area contributed by atoms with E-state index in [0.29, 0.717) is 34.4 Å². The van der Waals surface area contributed by atoms with Crippen LogP contribution in [0.2, 0.25) is 0 Å². The molecule has 1 aliphatic rings. The number of ether oxygens (including phenoxy) is 2. The van der Waals surface area contributed by atoms with Gasteiger partial charge in [-0.1, -0.05) is 12.1 Å². The zero-order valence-corrected chi connectivity index (χ0v) is 17.4. The molecule has 2 amide bonds. The number of fused-ring (bicyclic) bond motifs is 1. The van der Waals surface area contributed by atoms with Crippen molar-refractivity contribution in [1.29, 1.82) is 0 Å². The van der Waals surface area contributed by atoms with E-state index in [1.807, 2.05) is 18.2 Å². The minimum Gasteiger partial charge on any atom is -0.494 e. The number of para-hydroxylation sites is 2. The van der Waals surface area contributed by atoms with Crippen LogP contribution in [-0.4, -0.2) is 51.8 Å². The zero-order chi connectivity index (χ0) is 22.0. The lowest BCUT2D eigenvalue weighted by atomic mass is 10.1. The molecular weight excluding hydrogens is 400 g/mol. The SMILES string of the molecule is COc1ccc(NC(=O)CCN2C(=O)C(C)Oc3ccccc32)cc1-n1nnnc1C. The molecule has 0 saturated carbocycles. The Labute approximate surface area is 178 Å². The van der Waals surface area contributed by atoms with Gasteiger partial charge in [0.25, 0.3) is 5.91 Å². The minimum atomic E-state index is -0.596. The number of anilines is 2. The van der Waals surface area contributed by atoms with Gasteiger partial charge in [-0.3, -0.25) is 9.59 Å². The molecule has 4 rings (SSSR count). The number of methoxy groups -OCH3 is 1. The third kappa shape index (κ3) is 4.04. The average molecular weight is 422 g/mol.